The van der Waals surface area contributed by atoms with E-state index in [2.05, 4.69) is 11.6 Å². The maximum atomic E-state index is 5.24. The van der Waals surface area contributed by atoms with Crippen LogP contribution in [0.15, 0.2) is 17.6 Å². The van der Waals surface area contributed by atoms with Gasteiger partial charge in [0.2, 0.25) is 0 Å². The Labute approximate surface area is 49.1 Å². The van der Waals surface area contributed by atoms with Crippen molar-refractivity contribution in [3.8, 4) is 0 Å². The van der Waals surface area contributed by atoms with E-state index in [1.165, 1.54) is 0 Å². The van der Waals surface area contributed by atoms with Gasteiger partial charge in [0.15, 0.2) is 0 Å². The average Bonchev–Trinajstić information content (AvgIpc) is 1.83. The fourth-order valence-electron chi connectivity index (χ4n) is 0.246. The molecule has 0 bridgehead atoms. The second-order valence-electron chi connectivity index (χ2n) is 1.32. The Morgan fingerprint density at radius 3 is 2.75 bits per heavy atom. The van der Waals surface area contributed by atoms with Crippen LogP contribution in [0.3, 0.4) is 0 Å². The van der Waals surface area contributed by atoms with Crippen molar-refractivity contribution in [1.82, 2.24) is 0 Å². The molecular formula is C5H11N3. The van der Waals surface area contributed by atoms with Gasteiger partial charge in [0.05, 0.1) is 13.1 Å². The molecule has 8 heavy (non-hydrogen) atoms. The van der Waals surface area contributed by atoms with Crippen LogP contribution in [0, 0.1) is 0 Å². The summed E-state index contributed by atoms with van der Waals surface area (Å²) in [6, 6.07) is 0. The molecule has 46 valence electrons. The van der Waals surface area contributed by atoms with Crippen LogP contribution in [-0.4, -0.2) is 18.9 Å². The van der Waals surface area contributed by atoms with Gasteiger partial charge in [-0.1, -0.05) is 6.08 Å². The average molecular weight is 113 g/mol. The van der Waals surface area contributed by atoms with Crippen LogP contribution in [0.1, 0.15) is 0 Å². The number of rotatable bonds is 3. The van der Waals surface area contributed by atoms with Gasteiger partial charge >= 0.3 is 0 Å². The van der Waals surface area contributed by atoms with Gasteiger partial charge in [-0.05, 0) is 0 Å². The highest BCUT2D eigenvalue weighted by molar-refractivity contribution is 5.82. The molecule has 0 amide bonds. The van der Waals surface area contributed by atoms with Crippen molar-refractivity contribution in [2.45, 2.75) is 0 Å². The molecule has 3 heteroatoms. The lowest BCUT2D eigenvalue weighted by atomic mass is 10.6. The zero-order valence-electron chi connectivity index (χ0n) is 4.80. The molecule has 0 aliphatic heterocycles. The van der Waals surface area contributed by atoms with Crippen LogP contribution in [0.4, 0.5) is 0 Å². The molecule has 0 radical (unpaired) electrons. The molecule has 0 aromatic carbocycles. The lowest BCUT2D eigenvalue weighted by Gasteiger charge is -1.90. The highest BCUT2D eigenvalue weighted by atomic mass is 14.9. The molecule has 0 saturated heterocycles. The van der Waals surface area contributed by atoms with E-state index in [0.717, 1.165) is 0 Å². The van der Waals surface area contributed by atoms with Crippen LogP contribution in [0.2, 0.25) is 0 Å². The van der Waals surface area contributed by atoms with Gasteiger partial charge in [-0.3, -0.25) is 4.99 Å². The van der Waals surface area contributed by atoms with Crippen molar-refractivity contribution in [3.05, 3.63) is 12.7 Å². The summed E-state index contributed by atoms with van der Waals surface area (Å²) in [6.45, 7) is 4.35. The second-order valence-corrected chi connectivity index (χ2v) is 1.32. The smallest absolute Gasteiger partial charge is 0.108 e. The Morgan fingerprint density at radius 2 is 2.38 bits per heavy atom. The Bertz CT molecular complexity index is 95.8. The molecular weight excluding hydrogens is 102 g/mol. The minimum absolute atomic E-state index is 0.327. The molecule has 0 heterocycles. The number of hydrogen-bond donors (Lipinski definition) is 2. The maximum absolute atomic E-state index is 5.24. The summed E-state index contributed by atoms with van der Waals surface area (Å²) in [5.41, 5.74) is 10.4. The van der Waals surface area contributed by atoms with Crippen molar-refractivity contribution in [3.63, 3.8) is 0 Å². The van der Waals surface area contributed by atoms with Crippen LogP contribution in [-0.2, 0) is 0 Å². The number of hydrogen-bond acceptors (Lipinski definition) is 2. The van der Waals surface area contributed by atoms with E-state index in [9.17, 15) is 0 Å². The molecule has 0 spiro atoms. The highest BCUT2D eigenvalue weighted by Gasteiger charge is 1.79. The summed E-state index contributed by atoms with van der Waals surface area (Å²) in [5, 5.41) is 0. The van der Waals surface area contributed by atoms with Gasteiger partial charge in [0.1, 0.15) is 5.84 Å². The van der Waals surface area contributed by atoms with Crippen molar-refractivity contribution >= 4 is 5.84 Å². The van der Waals surface area contributed by atoms with Crippen molar-refractivity contribution < 1.29 is 0 Å². The quantitative estimate of drug-likeness (QED) is 0.294. The van der Waals surface area contributed by atoms with Gasteiger partial charge < -0.3 is 11.5 Å². The molecule has 3 nitrogen and oxygen atoms in total. The van der Waals surface area contributed by atoms with E-state index in [1.807, 2.05) is 0 Å². The number of nitrogens with two attached hydrogens (primary N) is 2. The first kappa shape index (κ1) is 7.17. The zero-order chi connectivity index (χ0) is 6.41. The van der Waals surface area contributed by atoms with E-state index in [0.29, 0.717) is 18.9 Å². The Hall–Kier alpha value is -0.830. The van der Waals surface area contributed by atoms with Gasteiger partial charge in [-0.25, -0.2) is 0 Å². The topological polar surface area (TPSA) is 64.4 Å². The standard InChI is InChI=1S/C5H11N3/c1-2-3-8-5(7)4-6/h2H,1,3-4,6H2,(H2,7,8). The number of aliphatic imine (C=N–C) groups is 1. The minimum Gasteiger partial charge on any atom is -0.386 e. The lowest BCUT2D eigenvalue weighted by molar-refractivity contribution is 1.17. The lowest BCUT2D eigenvalue weighted by Crippen LogP contribution is -2.23. The first-order valence-corrected chi connectivity index (χ1v) is 2.41. The van der Waals surface area contributed by atoms with Gasteiger partial charge in [0.25, 0.3) is 0 Å². The predicted octanol–water partition coefficient (Wildman–Crippen LogP) is -0.512. The molecule has 0 aromatic heterocycles. The second kappa shape index (κ2) is 4.33. The zero-order valence-corrected chi connectivity index (χ0v) is 4.80. The monoisotopic (exact) mass is 113 g/mol. The summed E-state index contributed by atoms with van der Waals surface area (Å²) in [5.74, 6) is 0.477. The van der Waals surface area contributed by atoms with Crippen LogP contribution in [0.25, 0.3) is 0 Å². The van der Waals surface area contributed by atoms with Gasteiger partial charge in [-0.2, -0.15) is 0 Å². The summed E-state index contributed by atoms with van der Waals surface area (Å²) in [6.07, 6.45) is 1.67. The summed E-state index contributed by atoms with van der Waals surface area (Å²) in [7, 11) is 0. The van der Waals surface area contributed by atoms with E-state index in [4.69, 9.17) is 11.5 Å². The van der Waals surface area contributed by atoms with E-state index >= 15 is 0 Å². The molecule has 0 aromatic rings. The first-order valence-electron chi connectivity index (χ1n) is 2.41. The number of nitrogens with zero attached hydrogens (tertiary/aromatic N) is 1. The highest BCUT2D eigenvalue weighted by Crippen LogP contribution is 1.68. The molecule has 0 unspecified atom stereocenters. The normalized spacial score (nSPS) is 11.4. The fourth-order valence-corrected chi connectivity index (χ4v) is 0.246. The Kier molecular flexibility index (Phi) is 3.88. The summed E-state index contributed by atoms with van der Waals surface area (Å²) >= 11 is 0. The molecule has 0 aliphatic rings. The van der Waals surface area contributed by atoms with Gasteiger partial charge in [0, 0.05) is 0 Å². The Balaban J connectivity index is 3.40. The minimum atomic E-state index is 0.327. The third-order valence-corrected chi connectivity index (χ3v) is 0.633. The summed E-state index contributed by atoms with van der Waals surface area (Å²) in [4.78, 5) is 3.81. The molecule has 0 rings (SSSR count). The molecule has 0 atom stereocenters. The largest absolute Gasteiger partial charge is 0.386 e. The van der Waals surface area contributed by atoms with Crippen LogP contribution in [0.5, 0.6) is 0 Å². The van der Waals surface area contributed by atoms with E-state index < -0.39 is 0 Å². The van der Waals surface area contributed by atoms with Crippen LogP contribution >= 0.6 is 0 Å². The third-order valence-electron chi connectivity index (χ3n) is 0.633. The first-order chi connectivity index (χ1) is 3.81. The Morgan fingerprint density at radius 1 is 1.75 bits per heavy atom. The third kappa shape index (κ3) is 3.36. The van der Waals surface area contributed by atoms with Crippen LogP contribution < -0.4 is 11.5 Å². The van der Waals surface area contributed by atoms with Crippen molar-refractivity contribution in [2.75, 3.05) is 13.1 Å². The molecule has 0 saturated carbocycles. The molecule has 4 N–H and O–H groups in total. The van der Waals surface area contributed by atoms with E-state index in [-0.39, 0.29) is 0 Å². The van der Waals surface area contributed by atoms with Gasteiger partial charge in [-0.15, -0.1) is 6.58 Å². The number of amidine groups is 1. The summed E-state index contributed by atoms with van der Waals surface area (Å²) < 4.78 is 0. The van der Waals surface area contributed by atoms with Crippen molar-refractivity contribution in [1.29, 1.82) is 0 Å². The SMILES string of the molecule is C=CCN=C(N)CN. The molecule has 0 aliphatic carbocycles. The molecule has 0 fully saturated rings. The fraction of sp³-hybridized carbons (Fsp3) is 0.400. The maximum Gasteiger partial charge on any atom is 0.108 e. The van der Waals surface area contributed by atoms with E-state index in [1.54, 1.807) is 6.08 Å². The van der Waals surface area contributed by atoms with Crippen molar-refractivity contribution in [2.24, 2.45) is 16.5 Å². The predicted molar refractivity (Wildman–Crippen MR) is 35.7 cm³/mol.